The van der Waals surface area contributed by atoms with Gasteiger partial charge in [0.2, 0.25) is 0 Å². The predicted molar refractivity (Wildman–Crippen MR) is 95.7 cm³/mol. The molecule has 162 valence electrons. The van der Waals surface area contributed by atoms with Crippen LogP contribution in [0.25, 0.3) is 22.6 Å². The molecule has 30 heavy (non-hydrogen) atoms. The lowest BCUT2D eigenvalue weighted by Gasteiger charge is -2.18. The first-order chi connectivity index (χ1) is 13.8. The Balaban J connectivity index is 1.94. The number of rotatable bonds is 3. The number of nitrogens with zero attached hydrogens (tertiary/aromatic N) is 5. The summed E-state index contributed by atoms with van der Waals surface area (Å²) in [7, 11) is -2.24. The maximum absolute atomic E-state index is 13.7. The van der Waals surface area contributed by atoms with E-state index in [0.29, 0.717) is 24.9 Å². The number of alkyl halides is 5. The maximum atomic E-state index is 13.7. The molecule has 3 aromatic rings. The van der Waals surface area contributed by atoms with Crippen LogP contribution >= 0.6 is 0 Å². The second-order valence-electron chi connectivity index (χ2n) is 7.19. The van der Waals surface area contributed by atoms with Crippen LogP contribution in [0.2, 0.25) is 0 Å². The van der Waals surface area contributed by atoms with Crippen LogP contribution in [0.3, 0.4) is 0 Å². The number of sulfone groups is 1. The minimum absolute atomic E-state index is 0.0391. The molecule has 3 aromatic heterocycles. The standard InChI is InChI=1S/C17H16F5N5O2S/c1-26-10-8-23-11(16(18,19)17(20,21)22)7-9(10)24-14(26)13-15(30(2,28)29)27-6-4-3-5-12(27)25-13/h7-8H,3-6H2,1-2H3. The molecule has 0 bridgehead atoms. The third-order valence-corrected chi connectivity index (χ3v) is 6.16. The van der Waals surface area contributed by atoms with Crippen LogP contribution in [0.4, 0.5) is 22.0 Å². The van der Waals surface area contributed by atoms with Crippen LogP contribution in [0.1, 0.15) is 24.4 Å². The number of hydrogen-bond acceptors (Lipinski definition) is 5. The molecular weight excluding hydrogens is 433 g/mol. The summed E-state index contributed by atoms with van der Waals surface area (Å²) in [6, 6.07) is 0.558. The summed E-state index contributed by atoms with van der Waals surface area (Å²) in [5, 5.41) is -0.0515. The van der Waals surface area contributed by atoms with E-state index < -0.39 is 27.6 Å². The van der Waals surface area contributed by atoms with Gasteiger partial charge >= 0.3 is 12.1 Å². The maximum Gasteiger partial charge on any atom is 0.459 e. The molecule has 0 atom stereocenters. The van der Waals surface area contributed by atoms with E-state index in [1.807, 2.05) is 0 Å². The van der Waals surface area contributed by atoms with Gasteiger partial charge in [-0.25, -0.2) is 18.4 Å². The molecule has 1 aliphatic rings. The number of fused-ring (bicyclic) bond motifs is 2. The lowest BCUT2D eigenvalue weighted by atomic mass is 10.2. The first kappa shape index (κ1) is 20.7. The van der Waals surface area contributed by atoms with E-state index in [4.69, 9.17) is 0 Å². The van der Waals surface area contributed by atoms with Crippen LogP contribution in [-0.4, -0.2) is 44.9 Å². The van der Waals surface area contributed by atoms with Crippen molar-refractivity contribution in [3.05, 3.63) is 23.8 Å². The molecule has 0 aromatic carbocycles. The molecule has 0 saturated heterocycles. The second kappa shape index (κ2) is 6.46. The van der Waals surface area contributed by atoms with Gasteiger partial charge in [-0.15, -0.1) is 0 Å². The van der Waals surface area contributed by atoms with E-state index in [9.17, 15) is 30.4 Å². The van der Waals surface area contributed by atoms with Gasteiger partial charge in [0.05, 0.1) is 17.2 Å². The molecule has 0 saturated carbocycles. The highest BCUT2D eigenvalue weighted by Gasteiger charge is 2.60. The van der Waals surface area contributed by atoms with Crippen molar-refractivity contribution in [2.24, 2.45) is 7.05 Å². The van der Waals surface area contributed by atoms with Gasteiger partial charge < -0.3 is 9.13 Å². The number of aromatic nitrogens is 5. The number of aryl methyl sites for hydroxylation is 2. The Kier molecular flexibility index (Phi) is 4.46. The van der Waals surface area contributed by atoms with E-state index in [1.165, 1.54) is 11.6 Å². The zero-order valence-electron chi connectivity index (χ0n) is 15.8. The van der Waals surface area contributed by atoms with E-state index in [0.717, 1.165) is 25.3 Å². The van der Waals surface area contributed by atoms with Gasteiger partial charge in [0, 0.05) is 26.3 Å². The monoisotopic (exact) mass is 449 g/mol. The Hall–Kier alpha value is -2.57. The Morgan fingerprint density at radius 3 is 2.43 bits per heavy atom. The van der Waals surface area contributed by atoms with Gasteiger partial charge in [-0.3, -0.25) is 4.98 Å². The van der Waals surface area contributed by atoms with Crippen LogP contribution in [-0.2, 0) is 35.8 Å². The largest absolute Gasteiger partial charge is 0.459 e. The number of halogens is 5. The fourth-order valence-electron chi connectivity index (χ4n) is 3.60. The molecule has 13 heteroatoms. The summed E-state index contributed by atoms with van der Waals surface area (Å²) in [6.07, 6.45) is -1.75. The summed E-state index contributed by atoms with van der Waals surface area (Å²) in [5.41, 5.74) is -1.46. The average Bonchev–Trinajstić information content (AvgIpc) is 3.18. The highest BCUT2D eigenvalue weighted by Crippen LogP contribution is 2.43. The summed E-state index contributed by atoms with van der Waals surface area (Å²) in [5.74, 6) is -4.54. The number of pyridine rings is 1. The molecule has 0 spiro atoms. The summed E-state index contributed by atoms with van der Waals surface area (Å²) in [6.45, 7) is 0.457. The van der Waals surface area contributed by atoms with Crippen molar-refractivity contribution in [3.8, 4) is 11.5 Å². The Morgan fingerprint density at radius 1 is 1.10 bits per heavy atom. The Bertz CT molecular complexity index is 1260. The molecule has 0 radical (unpaired) electrons. The quantitative estimate of drug-likeness (QED) is 0.574. The minimum atomic E-state index is -5.81. The molecular formula is C17H16F5N5O2S. The van der Waals surface area contributed by atoms with Gasteiger partial charge in [0.1, 0.15) is 17.2 Å². The molecule has 4 rings (SSSR count). The zero-order valence-corrected chi connectivity index (χ0v) is 16.7. The van der Waals surface area contributed by atoms with Crippen molar-refractivity contribution < 1.29 is 30.4 Å². The molecule has 0 aliphatic carbocycles. The lowest BCUT2D eigenvalue weighted by Crippen LogP contribution is -2.34. The van der Waals surface area contributed by atoms with Gasteiger partial charge in [0.25, 0.3) is 0 Å². The molecule has 7 nitrogen and oxygen atoms in total. The normalized spacial score (nSPS) is 15.6. The third kappa shape index (κ3) is 3.06. The predicted octanol–water partition coefficient (Wildman–Crippen LogP) is 3.23. The fraction of sp³-hybridized carbons (Fsp3) is 0.471. The zero-order chi connectivity index (χ0) is 22.1. The molecule has 0 N–H and O–H groups in total. The lowest BCUT2D eigenvalue weighted by molar-refractivity contribution is -0.290. The van der Waals surface area contributed by atoms with E-state index >= 15 is 0 Å². The second-order valence-corrected chi connectivity index (χ2v) is 9.12. The van der Waals surface area contributed by atoms with Crippen molar-refractivity contribution in [1.82, 2.24) is 24.1 Å². The first-order valence-electron chi connectivity index (χ1n) is 8.89. The van der Waals surface area contributed by atoms with Crippen molar-refractivity contribution in [1.29, 1.82) is 0 Å². The van der Waals surface area contributed by atoms with Crippen molar-refractivity contribution in [2.45, 2.75) is 42.9 Å². The Labute approximate surface area is 167 Å². The van der Waals surface area contributed by atoms with Crippen molar-refractivity contribution >= 4 is 20.9 Å². The average molecular weight is 449 g/mol. The topological polar surface area (TPSA) is 82.7 Å². The highest BCUT2D eigenvalue weighted by atomic mass is 32.2. The Morgan fingerprint density at radius 2 is 1.80 bits per heavy atom. The third-order valence-electron chi connectivity index (χ3n) is 5.04. The highest BCUT2D eigenvalue weighted by molar-refractivity contribution is 7.90. The molecule has 1 aliphatic heterocycles. The van der Waals surface area contributed by atoms with E-state index in [-0.39, 0.29) is 27.6 Å². The number of imidazole rings is 2. The van der Waals surface area contributed by atoms with Crippen LogP contribution in [0, 0.1) is 0 Å². The molecule has 0 amide bonds. The van der Waals surface area contributed by atoms with Gasteiger partial charge in [-0.1, -0.05) is 0 Å². The minimum Gasteiger partial charge on any atom is -0.324 e. The van der Waals surface area contributed by atoms with Crippen LogP contribution in [0.15, 0.2) is 17.3 Å². The molecule has 0 fully saturated rings. The molecule has 4 heterocycles. The summed E-state index contributed by atoms with van der Waals surface area (Å²) >= 11 is 0. The number of hydrogen-bond donors (Lipinski definition) is 0. The first-order valence-corrected chi connectivity index (χ1v) is 10.8. The fourth-order valence-corrected chi connectivity index (χ4v) is 4.68. The summed E-state index contributed by atoms with van der Waals surface area (Å²) in [4.78, 5) is 11.8. The van der Waals surface area contributed by atoms with Gasteiger partial charge in [-0.2, -0.15) is 22.0 Å². The van der Waals surface area contributed by atoms with Crippen LogP contribution < -0.4 is 0 Å². The van der Waals surface area contributed by atoms with E-state index in [2.05, 4.69) is 15.0 Å². The smallest absolute Gasteiger partial charge is 0.324 e. The van der Waals surface area contributed by atoms with Gasteiger partial charge in [0.15, 0.2) is 20.7 Å². The van der Waals surface area contributed by atoms with Crippen molar-refractivity contribution in [3.63, 3.8) is 0 Å². The van der Waals surface area contributed by atoms with E-state index in [1.54, 1.807) is 4.57 Å². The van der Waals surface area contributed by atoms with Crippen LogP contribution in [0.5, 0.6) is 0 Å². The van der Waals surface area contributed by atoms with Crippen molar-refractivity contribution in [2.75, 3.05) is 6.26 Å². The molecule has 0 unspecified atom stereocenters. The SMILES string of the molecule is Cn1c(-c2nc3n(c2S(C)(=O)=O)CCCC3)nc2cc(C(F)(F)C(F)(F)F)ncc21. The summed E-state index contributed by atoms with van der Waals surface area (Å²) < 4.78 is 93.3. The van der Waals surface area contributed by atoms with Gasteiger partial charge in [-0.05, 0) is 18.9 Å².